The van der Waals surface area contributed by atoms with Crippen molar-refractivity contribution in [3.63, 3.8) is 0 Å². The maximum absolute atomic E-state index is 8.82. The number of nitriles is 1. The predicted molar refractivity (Wildman–Crippen MR) is 74.4 cm³/mol. The first-order valence-corrected chi connectivity index (χ1v) is 5.99. The van der Waals surface area contributed by atoms with Crippen LogP contribution in [0.2, 0.25) is 0 Å². The molecule has 0 unspecified atom stereocenters. The van der Waals surface area contributed by atoms with Gasteiger partial charge in [-0.05, 0) is 43.2 Å². The molecule has 0 amide bonds. The predicted octanol–water partition coefficient (Wildman–Crippen LogP) is 3.79. The molecule has 90 valence electrons. The van der Waals surface area contributed by atoms with Gasteiger partial charge in [0.1, 0.15) is 0 Å². The van der Waals surface area contributed by atoms with E-state index in [-0.39, 0.29) is 0 Å². The van der Waals surface area contributed by atoms with E-state index >= 15 is 0 Å². The highest BCUT2D eigenvalue weighted by molar-refractivity contribution is 5.54. The molecule has 0 spiro atoms. The molecule has 2 rings (SSSR count). The number of anilines is 1. The van der Waals surface area contributed by atoms with E-state index in [0.29, 0.717) is 5.56 Å². The van der Waals surface area contributed by atoms with Gasteiger partial charge in [-0.15, -0.1) is 0 Å². The van der Waals surface area contributed by atoms with Gasteiger partial charge in [-0.1, -0.05) is 29.8 Å². The van der Waals surface area contributed by atoms with Gasteiger partial charge in [0.25, 0.3) is 0 Å². The van der Waals surface area contributed by atoms with Crippen molar-refractivity contribution in [1.29, 1.82) is 5.26 Å². The Kier molecular flexibility index (Phi) is 3.64. The summed E-state index contributed by atoms with van der Waals surface area (Å²) >= 11 is 0. The second kappa shape index (κ2) is 5.37. The Morgan fingerprint density at radius 1 is 1.11 bits per heavy atom. The Balaban J connectivity index is 2.09. The molecule has 1 N–H and O–H groups in total. The van der Waals surface area contributed by atoms with Crippen LogP contribution in [0.1, 0.15) is 22.3 Å². The maximum Gasteiger partial charge on any atom is 0.0991 e. The second-order valence-corrected chi connectivity index (χ2v) is 4.48. The first kappa shape index (κ1) is 12.2. The van der Waals surface area contributed by atoms with Crippen LogP contribution >= 0.6 is 0 Å². The zero-order valence-electron chi connectivity index (χ0n) is 10.7. The minimum absolute atomic E-state index is 0.702. The lowest BCUT2D eigenvalue weighted by Gasteiger charge is -2.10. The number of hydrogen-bond donors (Lipinski definition) is 1. The summed E-state index contributed by atoms with van der Waals surface area (Å²) in [5.41, 5.74) is 5.41. The quantitative estimate of drug-likeness (QED) is 0.880. The molecular formula is C16H16N2. The molecule has 0 aliphatic heterocycles. The molecule has 0 fully saturated rings. The Hall–Kier alpha value is -2.27. The lowest BCUT2D eigenvalue weighted by molar-refractivity contribution is 1.13. The van der Waals surface area contributed by atoms with Crippen LogP contribution in [-0.2, 0) is 6.54 Å². The Morgan fingerprint density at radius 3 is 2.61 bits per heavy atom. The van der Waals surface area contributed by atoms with Crippen molar-refractivity contribution in [1.82, 2.24) is 0 Å². The summed E-state index contributed by atoms with van der Waals surface area (Å²) in [4.78, 5) is 0. The van der Waals surface area contributed by atoms with Crippen LogP contribution in [0.3, 0.4) is 0 Å². The molecule has 0 aliphatic carbocycles. The average molecular weight is 236 g/mol. The van der Waals surface area contributed by atoms with E-state index < -0.39 is 0 Å². The molecule has 0 bridgehead atoms. The molecule has 0 aromatic heterocycles. The number of nitrogens with zero attached hydrogens (tertiary/aromatic N) is 1. The summed E-state index contributed by atoms with van der Waals surface area (Å²) in [6.45, 7) is 4.91. The van der Waals surface area contributed by atoms with E-state index in [4.69, 9.17) is 5.26 Å². The van der Waals surface area contributed by atoms with E-state index in [1.807, 2.05) is 25.1 Å². The molecule has 2 aromatic carbocycles. The van der Waals surface area contributed by atoms with Crippen LogP contribution in [0, 0.1) is 25.2 Å². The Labute approximate surface area is 108 Å². The van der Waals surface area contributed by atoms with Gasteiger partial charge >= 0.3 is 0 Å². The van der Waals surface area contributed by atoms with Gasteiger partial charge in [0.2, 0.25) is 0 Å². The lowest BCUT2D eigenvalue weighted by Crippen LogP contribution is -2.01. The topological polar surface area (TPSA) is 35.8 Å². The fourth-order valence-electron chi connectivity index (χ4n) is 1.95. The Morgan fingerprint density at radius 2 is 1.94 bits per heavy atom. The van der Waals surface area contributed by atoms with E-state index in [9.17, 15) is 0 Å². The molecule has 0 radical (unpaired) electrons. The van der Waals surface area contributed by atoms with E-state index in [1.165, 1.54) is 11.1 Å². The third-order valence-electron chi connectivity index (χ3n) is 2.92. The first-order valence-electron chi connectivity index (χ1n) is 5.99. The fourth-order valence-corrected chi connectivity index (χ4v) is 1.95. The van der Waals surface area contributed by atoms with Gasteiger partial charge in [0, 0.05) is 12.2 Å². The summed E-state index contributed by atoms with van der Waals surface area (Å²) < 4.78 is 0. The molecule has 0 saturated heterocycles. The molecule has 0 saturated carbocycles. The lowest BCUT2D eigenvalue weighted by atomic mass is 10.1. The molecule has 0 atom stereocenters. The van der Waals surface area contributed by atoms with Crippen LogP contribution in [0.25, 0.3) is 0 Å². The summed E-state index contributed by atoms with van der Waals surface area (Å²) in [5.74, 6) is 0. The Bertz CT molecular complexity index is 594. The number of benzene rings is 2. The SMILES string of the molecule is Cc1cccc(CNc2ccc(C#N)cc2C)c1. The van der Waals surface area contributed by atoms with Crippen molar-refractivity contribution < 1.29 is 0 Å². The molecule has 2 nitrogen and oxygen atoms in total. The molecule has 0 aliphatic rings. The highest BCUT2D eigenvalue weighted by Gasteiger charge is 2.00. The highest BCUT2D eigenvalue weighted by atomic mass is 14.9. The van der Waals surface area contributed by atoms with Crippen molar-refractivity contribution in [2.24, 2.45) is 0 Å². The van der Waals surface area contributed by atoms with Crippen molar-refractivity contribution in [2.45, 2.75) is 20.4 Å². The first-order chi connectivity index (χ1) is 8.69. The largest absolute Gasteiger partial charge is 0.381 e. The summed E-state index contributed by atoms with van der Waals surface area (Å²) in [7, 11) is 0. The monoisotopic (exact) mass is 236 g/mol. The van der Waals surface area contributed by atoms with Crippen LogP contribution in [0.4, 0.5) is 5.69 Å². The van der Waals surface area contributed by atoms with Gasteiger partial charge in [-0.3, -0.25) is 0 Å². The van der Waals surface area contributed by atoms with Gasteiger partial charge < -0.3 is 5.32 Å². The van der Waals surface area contributed by atoms with Crippen LogP contribution < -0.4 is 5.32 Å². The average Bonchev–Trinajstić information content (AvgIpc) is 2.37. The number of nitrogens with one attached hydrogen (secondary N) is 1. The zero-order chi connectivity index (χ0) is 13.0. The smallest absolute Gasteiger partial charge is 0.0991 e. The molecule has 0 heterocycles. The van der Waals surface area contributed by atoms with Crippen LogP contribution in [0.15, 0.2) is 42.5 Å². The molecule has 18 heavy (non-hydrogen) atoms. The maximum atomic E-state index is 8.82. The third-order valence-corrected chi connectivity index (χ3v) is 2.92. The van der Waals surface area contributed by atoms with Crippen molar-refractivity contribution >= 4 is 5.69 Å². The van der Waals surface area contributed by atoms with Gasteiger partial charge in [-0.2, -0.15) is 5.26 Å². The summed E-state index contributed by atoms with van der Waals surface area (Å²) in [5, 5.41) is 12.2. The minimum atomic E-state index is 0.702. The summed E-state index contributed by atoms with van der Waals surface area (Å²) in [6.07, 6.45) is 0. The number of aryl methyl sites for hydroxylation is 2. The standard InChI is InChI=1S/C16H16N2/c1-12-4-3-5-15(8-12)11-18-16-7-6-14(10-17)9-13(16)2/h3-9,18H,11H2,1-2H3. The van der Waals surface area contributed by atoms with Gasteiger partial charge in [-0.25, -0.2) is 0 Å². The van der Waals surface area contributed by atoms with E-state index in [2.05, 4.69) is 42.6 Å². The number of rotatable bonds is 3. The van der Waals surface area contributed by atoms with Gasteiger partial charge in [0.15, 0.2) is 0 Å². The second-order valence-electron chi connectivity index (χ2n) is 4.48. The van der Waals surface area contributed by atoms with Crippen molar-refractivity contribution in [3.8, 4) is 6.07 Å². The van der Waals surface area contributed by atoms with Gasteiger partial charge in [0.05, 0.1) is 11.6 Å². The molecule has 2 aromatic rings. The van der Waals surface area contributed by atoms with E-state index in [1.54, 1.807) is 0 Å². The van der Waals surface area contributed by atoms with Crippen LogP contribution in [-0.4, -0.2) is 0 Å². The number of hydrogen-bond acceptors (Lipinski definition) is 2. The van der Waals surface area contributed by atoms with E-state index in [0.717, 1.165) is 17.8 Å². The van der Waals surface area contributed by atoms with Crippen LogP contribution in [0.5, 0.6) is 0 Å². The van der Waals surface area contributed by atoms with Crippen molar-refractivity contribution in [3.05, 3.63) is 64.7 Å². The molecular weight excluding hydrogens is 220 g/mol. The summed E-state index contributed by atoms with van der Waals surface area (Å²) in [6, 6.07) is 16.3. The fraction of sp³-hybridized carbons (Fsp3) is 0.188. The normalized spacial score (nSPS) is 9.83. The van der Waals surface area contributed by atoms with Crippen molar-refractivity contribution in [2.75, 3.05) is 5.32 Å². The zero-order valence-corrected chi connectivity index (χ0v) is 10.7. The third kappa shape index (κ3) is 2.89. The molecule has 2 heteroatoms. The minimum Gasteiger partial charge on any atom is -0.381 e. The highest BCUT2D eigenvalue weighted by Crippen LogP contribution is 2.17.